The van der Waals surface area contributed by atoms with E-state index in [-0.39, 0.29) is 24.0 Å². The second-order valence-corrected chi connectivity index (χ2v) is 5.84. The first-order valence-electron chi connectivity index (χ1n) is 7.65. The molecule has 0 unspecified atom stereocenters. The molecule has 0 saturated heterocycles. The minimum atomic E-state index is 0. The van der Waals surface area contributed by atoms with E-state index < -0.39 is 0 Å². The molecule has 0 amide bonds. The molecule has 0 rings (SSSR count). The van der Waals surface area contributed by atoms with Crippen molar-refractivity contribution >= 4 is 29.9 Å². The molecular weight excluding hydrogens is 363 g/mol. The van der Waals surface area contributed by atoms with Crippen LogP contribution in [0.5, 0.6) is 0 Å². The van der Waals surface area contributed by atoms with Gasteiger partial charge in [-0.25, -0.2) is 0 Å². The number of rotatable bonds is 10. The van der Waals surface area contributed by atoms with E-state index in [9.17, 15) is 0 Å². The molecule has 0 aliphatic carbocycles. The zero-order chi connectivity index (χ0) is 14.5. The molecule has 0 radical (unpaired) electrons. The fourth-order valence-electron chi connectivity index (χ4n) is 1.81. The Bertz CT molecular complexity index is 230. The van der Waals surface area contributed by atoms with Crippen molar-refractivity contribution in [2.75, 3.05) is 40.8 Å². The Kier molecular flexibility index (Phi) is 17.1. The van der Waals surface area contributed by atoms with Gasteiger partial charge in [0.05, 0.1) is 0 Å². The van der Waals surface area contributed by atoms with Crippen molar-refractivity contribution in [3.63, 3.8) is 0 Å². The van der Waals surface area contributed by atoms with Crippen molar-refractivity contribution in [1.29, 1.82) is 0 Å². The van der Waals surface area contributed by atoms with Gasteiger partial charge < -0.3 is 15.5 Å². The topological polar surface area (TPSA) is 39.7 Å². The molecule has 0 aromatic heterocycles. The van der Waals surface area contributed by atoms with Crippen LogP contribution in [0.1, 0.15) is 46.0 Å². The smallest absolute Gasteiger partial charge is 0.190 e. The monoisotopic (exact) mass is 398 g/mol. The third kappa shape index (κ3) is 16.0. The van der Waals surface area contributed by atoms with Crippen molar-refractivity contribution < 1.29 is 0 Å². The molecule has 0 aliphatic rings. The number of nitrogens with one attached hydrogen (secondary N) is 2. The zero-order valence-electron chi connectivity index (χ0n) is 14.0. The van der Waals surface area contributed by atoms with Gasteiger partial charge in [0, 0.05) is 20.1 Å². The van der Waals surface area contributed by atoms with E-state index in [1.54, 1.807) is 0 Å². The first-order valence-corrected chi connectivity index (χ1v) is 7.65. The zero-order valence-corrected chi connectivity index (χ0v) is 16.4. The molecule has 122 valence electrons. The Morgan fingerprint density at radius 2 is 1.60 bits per heavy atom. The van der Waals surface area contributed by atoms with Crippen molar-refractivity contribution in [3.8, 4) is 0 Å². The summed E-state index contributed by atoms with van der Waals surface area (Å²) >= 11 is 0. The van der Waals surface area contributed by atoms with Gasteiger partial charge in [0.1, 0.15) is 0 Å². The van der Waals surface area contributed by atoms with Crippen LogP contribution in [0, 0.1) is 5.92 Å². The Morgan fingerprint density at radius 1 is 1.00 bits per heavy atom. The molecule has 0 atom stereocenters. The lowest BCUT2D eigenvalue weighted by Gasteiger charge is -2.13. The standard InChI is InChI=1S/C15H34N4.HI/c1-14(2)13-18-15(16-3)17-11-9-7-6-8-10-12-19(4)5;/h14H,6-13H2,1-5H3,(H2,16,17,18);1H. The van der Waals surface area contributed by atoms with Gasteiger partial charge in [-0.05, 0) is 39.4 Å². The quantitative estimate of drug-likeness (QED) is 0.257. The molecule has 0 aromatic carbocycles. The third-order valence-electron chi connectivity index (χ3n) is 2.98. The molecule has 5 heteroatoms. The number of nitrogens with zero attached hydrogens (tertiary/aromatic N) is 2. The summed E-state index contributed by atoms with van der Waals surface area (Å²) in [4.78, 5) is 6.47. The predicted molar refractivity (Wildman–Crippen MR) is 101 cm³/mol. The minimum Gasteiger partial charge on any atom is -0.356 e. The van der Waals surface area contributed by atoms with E-state index in [4.69, 9.17) is 0 Å². The van der Waals surface area contributed by atoms with E-state index in [2.05, 4.69) is 48.5 Å². The first kappa shape index (κ1) is 22.2. The van der Waals surface area contributed by atoms with Crippen molar-refractivity contribution in [1.82, 2.24) is 15.5 Å². The van der Waals surface area contributed by atoms with Gasteiger partial charge in [0.2, 0.25) is 0 Å². The van der Waals surface area contributed by atoms with Crippen LogP contribution >= 0.6 is 24.0 Å². The highest BCUT2D eigenvalue weighted by molar-refractivity contribution is 14.0. The average Bonchev–Trinajstić information content (AvgIpc) is 2.35. The molecule has 0 fully saturated rings. The maximum atomic E-state index is 4.22. The molecule has 20 heavy (non-hydrogen) atoms. The molecule has 0 aliphatic heterocycles. The van der Waals surface area contributed by atoms with Crippen LogP contribution < -0.4 is 10.6 Å². The fourth-order valence-corrected chi connectivity index (χ4v) is 1.81. The SMILES string of the molecule is CN=C(NCCCCCCCN(C)C)NCC(C)C.I. The van der Waals surface area contributed by atoms with Gasteiger partial charge in [-0.2, -0.15) is 0 Å². The van der Waals surface area contributed by atoms with Crippen LogP contribution in [0.4, 0.5) is 0 Å². The van der Waals surface area contributed by atoms with Gasteiger partial charge in [-0.1, -0.05) is 33.1 Å². The van der Waals surface area contributed by atoms with Crippen LogP contribution in [-0.4, -0.2) is 51.6 Å². The summed E-state index contributed by atoms with van der Waals surface area (Å²) < 4.78 is 0. The summed E-state index contributed by atoms with van der Waals surface area (Å²) in [6.45, 7) is 7.61. The molecule has 0 saturated carbocycles. The molecule has 0 heterocycles. The lowest BCUT2D eigenvalue weighted by atomic mass is 10.1. The number of guanidine groups is 1. The lowest BCUT2D eigenvalue weighted by molar-refractivity contribution is 0.389. The van der Waals surface area contributed by atoms with E-state index in [0.717, 1.165) is 19.0 Å². The van der Waals surface area contributed by atoms with Gasteiger partial charge in [0.25, 0.3) is 0 Å². The summed E-state index contributed by atoms with van der Waals surface area (Å²) in [5, 5.41) is 6.69. The number of hydrogen-bond acceptors (Lipinski definition) is 2. The van der Waals surface area contributed by atoms with E-state index in [1.165, 1.54) is 38.6 Å². The largest absolute Gasteiger partial charge is 0.356 e. The number of halogens is 1. The van der Waals surface area contributed by atoms with Crippen LogP contribution in [-0.2, 0) is 0 Å². The Balaban J connectivity index is 0. The predicted octanol–water partition coefficient (Wildman–Crippen LogP) is 2.94. The first-order chi connectivity index (χ1) is 9.06. The maximum absolute atomic E-state index is 4.22. The number of unbranched alkanes of at least 4 members (excludes halogenated alkanes) is 4. The summed E-state index contributed by atoms with van der Waals surface area (Å²) in [6, 6.07) is 0. The number of hydrogen-bond donors (Lipinski definition) is 2. The van der Waals surface area contributed by atoms with Crippen LogP contribution in [0.3, 0.4) is 0 Å². The summed E-state index contributed by atoms with van der Waals surface area (Å²) in [5.74, 6) is 1.58. The van der Waals surface area contributed by atoms with Gasteiger partial charge in [0.15, 0.2) is 5.96 Å². The van der Waals surface area contributed by atoms with Gasteiger partial charge >= 0.3 is 0 Å². The lowest BCUT2D eigenvalue weighted by Crippen LogP contribution is -2.39. The molecule has 0 bridgehead atoms. The highest BCUT2D eigenvalue weighted by Crippen LogP contribution is 2.02. The second-order valence-electron chi connectivity index (χ2n) is 5.84. The molecule has 2 N–H and O–H groups in total. The highest BCUT2D eigenvalue weighted by atomic mass is 127. The Labute approximate surface area is 143 Å². The van der Waals surface area contributed by atoms with Crippen molar-refractivity contribution in [3.05, 3.63) is 0 Å². The average molecular weight is 398 g/mol. The third-order valence-corrected chi connectivity index (χ3v) is 2.98. The van der Waals surface area contributed by atoms with E-state index >= 15 is 0 Å². The summed E-state index contributed by atoms with van der Waals surface area (Å²) in [5.41, 5.74) is 0. The van der Waals surface area contributed by atoms with E-state index in [0.29, 0.717) is 5.92 Å². The minimum absolute atomic E-state index is 0. The fraction of sp³-hybridized carbons (Fsp3) is 0.933. The number of aliphatic imine (C=N–C) groups is 1. The maximum Gasteiger partial charge on any atom is 0.190 e. The molecular formula is C15H35IN4. The van der Waals surface area contributed by atoms with Crippen LogP contribution in [0.15, 0.2) is 4.99 Å². The van der Waals surface area contributed by atoms with Crippen LogP contribution in [0.25, 0.3) is 0 Å². The van der Waals surface area contributed by atoms with Crippen LogP contribution in [0.2, 0.25) is 0 Å². The Morgan fingerprint density at radius 3 is 2.15 bits per heavy atom. The highest BCUT2D eigenvalue weighted by Gasteiger charge is 1.98. The van der Waals surface area contributed by atoms with E-state index in [1.807, 2.05) is 7.05 Å². The van der Waals surface area contributed by atoms with Crippen molar-refractivity contribution in [2.24, 2.45) is 10.9 Å². The normalized spacial score (nSPS) is 11.7. The molecule has 0 aromatic rings. The molecule has 4 nitrogen and oxygen atoms in total. The summed E-state index contributed by atoms with van der Waals surface area (Å²) in [7, 11) is 6.11. The molecule has 0 spiro atoms. The van der Waals surface area contributed by atoms with Gasteiger partial charge in [-0.3, -0.25) is 4.99 Å². The summed E-state index contributed by atoms with van der Waals surface area (Å²) in [6.07, 6.45) is 6.54. The Hall–Kier alpha value is -0.0400. The second kappa shape index (κ2) is 15.4. The van der Waals surface area contributed by atoms with Crippen molar-refractivity contribution in [2.45, 2.75) is 46.0 Å². The van der Waals surface area contributed by atoms with Gasteiger partial charge in [-0.15, -0.1) is 24.0 Å².